The number of sulfonamides is 1. The highest BCUT2D eigenvalue weighted by atomic mass is 32.2. The van der Waals surface area contributed by atoms with Crippen LogP contribution < -0.4 is 10.0 Å². The molecule has 0 saturated heterocycles. The molecule has 0 bridgehead atoms. The third kappa shape index (κ3) is 4.59. The number of rotatable bonds is 6. The van der Waals surface area contributed by atoms with Crippen molar-refractivity contribution in [1.82, 2.24) is 10.0 Å². The van der Waals surface area contributed by atoms with Gasteiger partial charge in [0.15, 0.2) is 5.76 Å². The Morgan fingerprint density at radius 1 is 1.38 bits per heavy atom. The average molecular weight is 314 g/mol. The van der Waals surface area contributed by atoms with E-state index in [1.807, 2.05) is 4.72 Å². The molecule has 2 rings (SSSR count). The van der Waals surface area contributed by atoms with Crippen LogP contribution in [0.25, 0.3) is 0 Å². The first-order valence-electron chi connectivity index (χ1n) is 6.65. The summed E-state index contributed by atoms with van der Waals surface area (Å²) >= 11 is 0. The van der Waals surface area contributed by atoms with Crippen molar-refractivity contribution in [2.45, 2.75) is 25.7 Å². The summed E-state index contributed by atoms with van der Waals surface area (Å²) in [6, 6.07) is 3.39. The molecule has 0 radical (unpaired) electrons. The predicted octanol–water partition coefficient (Wildman–Crippen LogP) is 0.599. The van der Waals surface area contributed by atoms with Gasteiger partial charge in [0.2, 0.25) is 15.9 Å². The van der Waals surface area contributed by atoms with Gasteiger partial charge in [0, 0.05) is 18.9 Å². The molecule has 0 unspecified atom stereocenters. The van der Waals surface area contributed by atoms with Crippen molar-refractivity contribution >= 4 is 21.8 Å². The summed E-state index contributed by atoms with van der Waals surface area (Å²) in [6.45, 7) is 2.16. The zero-order valence-corrected chi connectivity index (χ0v) is 12.7. The van der Waals surface area contributed by atoms with E-state index in [9.17, 15) is 18.0 Å². The van der Waals surface area contributed by atoms with Gasteiger partial charge in [-0.2, -0.15) is 0 Å². The minimum Gasteiger partial charge on any atom is -0.456 e. The van der Waals surface area contributed by atoms with E-state index in [1.165, 1.54) is 0 Å². The van der Waals surface area contributed by atoms with E-state index in [2.05, 4.69) is 12.2 Å². The molecule has 1 aliphatic rings. The van der Waals surface area contributed by atoms with Crippen LogP contribution in [0.1, 0.15) is 42.0 Å². The van der Waals surface area contributed by atoms with E-state index in [0.717, 1.165) is 18.4 Å². The lowest BCUT2D eigenvalue weighted by molar-refractivity contribution is -0.119. The van der Waals surface area contributed by atoms with Crippen LogP contribution in [0.4, 0.5) is 0 Å². The molecule has 2 atom stereocenters. The number of amides is 2. The highest BCUT2D eigenvalue weighted by Crippen LogP contribution is 2.47. The highest BCUT2D eigenvalue weighted by Gasteiger charge is 2.36. The van der Waals surface area contributed by atoms with Crippen LogP contribution in [0.5, 0.6) is 0 Å². The maximum Gasteiger partial charge on any atom is 0.287 e. The molecule has 8 heteroatoms. The van der Waals surface area contributed by atoms with Crippen LogP contribution in [0.2, 0.25) is 0 Å². The molecule has 0 aromatic carbocycles. The molecule has 1 aliphatic carbocycles. The Bertz CT molecular complexity index is 649. The molecule has 0 spiro atoms. The smallest absolute Gasteiger partial charge is 0.287 e. The molecule has 7 nitrogen and oxygen atoms in total. The van der Waals surface area contributed by atoms with Gasteiger partial charge in [-0.25, -0.2) is 8.42 Å². The fraction of sp³-hybridized carbons (Fsp3) is 0.538. The van der Waals surface area contributed by atoms with Gasteiger partial charge >= 0.3 is 0 Å². The Morgan fingerprint density at radius 2 is 2.05 bits per heavy atom. The SMILES string of the molecule is C[C@@H]1C[C@H]1c1ccc(C(=O)NCCC(=O)NS(C)(=O)=O)o1. The maximum atomic E-state index is 11.8. The maximum absolute atomic E-state index is 11.8. The molecule has 1 aromatic heterocycles. The predicted molar refractivity (Wildman–Crippen MR) is 75.2 cm³/mol. The zero-order chi connectivity index (χ0) is 15.6. The molecular weight excluding hydrogens is 296 g/mol. The third-order valence-corrected chi connectivity index (χ3v) is 3.86. The number of hydrogen-bond donors (Lipinski definition) is 2. The zero-order valence-electron chi connectivity index (χ0n) is 11.9. The number of nitrogens with one attached hydrogen (secondary N) is 2. The summed E-state index contributed by atoms with van der Waals surface area (Å²) in [5, 5.41) is 2.51. The topological polar surface area (TPSA) is 105 Å². The minimum atomic E-state index is -3.56. The molecule has 1 aromatic rings. The first-order chi connectivity index (χ1) is 9.76. The fourth-order valence-electron chi connectivity index (χ4n) is 2.03. The van der Waals surface area contributed by atoms with Crippen molar-refractivity contribution in [3.8, 4) is 0 Å². The molecule has 116 valence electrons. The van der Waals surface area contributed by atoms with Crippen LogP contribution in [0.15, 0.2) is 16.5 Å². The Hall–Kier alpha value is -1.83. The summed E-state index contributed by atoms with van der Waals surface area (Å²) in [7, 11) is -3.56. The molecule has 2 N–H and O–H groups in total. The summed E-state index contributed by atoms with van der Waals surface area (Å²) in [4.78, 5) is 23.0. The molecule has 0 aliphatic heterocycles. The third-order valence-electron chi connectivity index (χ3n) is 3.26. The van der Waals surface area contributed by atoms with Crippen LogP contribution in [-0.4, -0.2) is 33.0 Å². The van der Waals surface area contributed by atoms with E-state index in [1.54, 1.807) is 12.1 Å². The van der Waals surface area contributed by atoms with Gasteiger partial charge in [-0.1, -0.05) is 6.92 Å². The number of hydrogen-bond acceptors (Lipinski definition) is 5. The van der Waals surface area contributed by atoms with Crippen molar-refractivity contribution in [1.29, 1.82) is 0 Å². The Labute approximate surface area is 123 Å². The van der Waals surface area contributed by atoms with Gasteiger partial charge in [-0.15, -0.1) is 0 Å². The van der Waals surface area contributed by atoms with Crippen LogP contribution in [0.3, 0.4) is 0 Å². The van der Waals surface area contributed by atoms with Gasteiger partial charge in [-0.05, 0) is 24.5 Å². The largest absolute Gasteiger partial charge is 0.456 e. The van der Waals surface area contributed by atoms with E-state index in [0.29, 0.717) is 11.8 Å². The second kappa shape index (κ2) is 5.88. The fourth-order valence-corrected chi connectivity index (χ4v) is 2.54. The van der Waals surface area contributed by atoms with Crippen LogP contribution in [-0.2, 0) is 14.8 Å². The molecule has 2 amide bonds. The second-order valence-electron chi connectivity index (χ2n) is 5.32. The van der Waals surface area contributed by atoms with Gasteiger partial charge in [-0.3, -0.25) is 14.3 Å². The second-order valence-corrected chi connectivity index (χ2v) is 7.07. The highest BCUT2D eigenvalue weighted by molar-refractivity contribution is 7.89. The van der Waals surface area contributed by atoms with E-state index in [-0.39, 0.29) is 18.7 Å². The van der Waals surface area contributed by atoms with Gasteiger partial charge < -0.3 is 9.73 Å². The van der Waals surface area contributed by atoms with E-state index in [4.69, 9.17) is 4.42 Å². The lowest BCUT2D eigenvalue weighted by Crippen LogP contribution is -2.33. The molecule has 1 saturated carbocycles. The van der Waals surface area contributed by atoms with Crippen LogP contribution in [0, 0.1) is 5.92 Å². The van der Waals surface area contributed by atoms with Gasteiger partial charge in [0.1, 0.15) is 5.76 Å². The van der Waals surface area contributed by atoms with Crippen molar-refractivity contribution in [2.24, 2.45) is 5.92 Å². The lowest BCUT2D eigenvalue weighted by atomic mass is 10.3. The van der Waals surface area contributed by atoms with Crippen molar-refractivity contribution in [3.63, 3.8) is 0 Å². The van der Waals surface area contributed by atoms with E-state index < -0.39 is 21.8 Å². The van der Waals surface area contributed by atoms with E-state index >= 15 is 0 Å². The Morgan fingerprint density at radius 3 is 2.62 bits per heavy atom. The van der Waals surface area contributed by atoms with Gasteiger partial charge in [0.05, 0.1) is 6.26 Å². The Balaban J connectivity index is 1.77. The first-order valence-corrected chi connectivity index (χ1v) is 8.54. The lowest BCUT2D eigenvalue weighted by Gasteiger charge is -2.04. The summed E-state index contributed by atoms with van der Waals surface area (Å²) in [6.07, 6.45) is 1.85. The number of furan rings is 1. The monoisotopic (exact) mass is 314 g/mol. The van der Waals surface area contributed by atoms with Crippen molar-refractivity contribution < 1.29 is 22.4 Å². The standard InChI is InChI=1S/C13H18N2O5S/c1-8-7-9(8)10-3-4-11(20-10)13(17)14-6-5-12(16)15-21(2,18)19/h3-4,8-9H,5-7H2,1-2H3,(H,14,17)(H,15,16)/t8-,9-/m1/s1. The number of carbonyl (C=O) groups is 2. The minimum absolute atomic E-state index is 0.0377. The molecular formula is C13H18N2O5S. The van der Waals surface area contributed by atoms with Crippen LogP contribution >= 0.6 is 0 Å². The summed E-state index contributed by atoms with van der Waals surface area (Å²) < 4.78 is 28.9. The van der Waals surface area contributed by atoms with Crippen molar-refractivity contribution in [2.75, 3.05) is 12.8 Å². The molecule has 1 fully saturated rings. The summed E-state index contributed by atoms with van der Waals surface area (Å²) in [5.41, 5.74) is 0. The normalized spacial score (nSPS) is 20.9. The Kier molecular flexibility index (Phi) is 4.36. The summed E-state index contributed by atoms with van der Waals surface area (Å²) in [5.74, 6) is 0.917. The molecule has 1 heterocycles. The number of carbonyl (C=O) groups excluding carboxylic acids is 2. The van der Waals surface area contributed by atoms with Gasteiger partial charge in [0.25, 0.3) is 5.91 Å². The molecule has 21 heavy (non-hydrogen) atoms. The average Bonchev–Trinajstić information content (AvgIpc) is 2.89. The first kappa shape index (κ1) is 15.6. The quantitative estimate of drug-likeness (QED) is 0.800. The van der Waals surface area contributed by atoms with Crippen molar-refractivity contribution in [3.05, 3.63) is 23.7 Å².